The Morgan fingerprint density at radius 2 is 1.71 bits per heavy atom. The van der Waals surface area contributed by atoms with E-state index in [2.05, 4.69) is 0 Å². The molecule has 5 atom stereocenters. The van der Waals surface area contributed by atoms with Crippen molar-refractivity contribution in [2.45, 2.75) is 36.8 Å². The van der Waals surface area contributed by atoms with Crippen LogP contribution in [0.3, 0.4) is 0 Å². The molecule has 1 aliphatic rings. The van der Waals surface area contributed by atoms with Crippen molar-refractivity contribution >= 4 is 0 Å². The molecule has 1 unspecified atom stereocenters. The average molecular weight is 344 g/mol. The summed E-state index contributed by atoms with van der Waals surface area (Å²) in [5.41, 5.74) is -1.18. The van der Waals surface area contributed by atoms with Gasteiger partial charge in [-0.2, -0.15) is 0 Å². The van der Waals surface area contributed by atoms with Gasteiger partial charge in [-0.25, -0.2) is 0 Å². The van der Waals surface area contributed by atoms with E-state index in [-0.39, 0.29) is 13.2 Å². The van der Waals surface area contributed by atoms with Gasteiger partial charge >= 0.3 is 0 Å². The molecule has 8 heteroatoms. The Kier molecular flexibility index (Phi) is 7.08. The van der Waals surface area contributed by atoms with Gasteiger partial charge in [0.25, 0.3) is 0 Å². The predicted octanol–water partition coefficient (Wildman–Crippen LogP) is -1.62. The molecule has 1 saturated heterocycles. The molecule has 0 spiro atoms. The van der Waals surface area contributed by atoms with E-state index in [1.807, 2.05) is 30.3 Å². The molecule has 1 fully saturated rings. The summed E-state index contributed by atoms with van der Waals surface area (Å²) < 4.78 is 15.5. The van der Waals surface area contributed by atoms with Crippen molar-refractivity contribution in [3.05, 3.63) is 35.9 Å². The van der Waals surface area contributed by atoms with E-state index in [0.717, 1.165) is 5.56 Å². The summed E-state index contributed by atoms with van der Waals surface area (Å²) in [4.78, 5) is 0. The Hall–Kier alpha value is -1.10. The van der Waals surface area contributed by atoms with Crippen LogP contribution in [0.15, 0.2) is 30.3 Å². The minimum absolute atomic E-state index is 0.119. The zero-order valence-corrected chi connectivity index (χ0v) is 13.2. The van der Waals surface area contributed by atoms with Crippen LogP contribution in [0.25, 0.3) is 0 Å². The molecule has 0 bridgehead atoms. The molecule has 2 rings (SSSR count). The van der Waals surface area contributed by atoms with E-state index < -0.39 is 43.4 Å². The van der Waals surface area contributed by atoms with Crippen molar-refractivity contribution in [2.75, 3.05) is 26.4 Å². The Balaban J connectivity index is 1.72. The first kappa shape index (κ1) is 19.2. The van der Waals surface area contributed by atoms with Crippen molar-refractivity contribution in [3.63, 3.8) is 0 Å². The molecular weight excluding hydrogens is 320 g/mol. The molecule has 0 aromatic heterocycles. The fourth-order valence-corrected chi connectivity index (χ4v) is 2.43. The van der Waals surface area contributed by atoms with Gasteiger partial charge in [-0.05, 0) is 5.56 Å². The van der Waals surface area contributed by atoms with E-state index in [9.17, 15) is 20.4 Å². The highest BCUT2D eigenvalue weighted by Gasteiger charge is 2.54. The van der Waals surface area contributed by atoms with Gasteiger partial charge in [0.2, 0.25) is 0 Å². The third kappa shape index (κ3) is 4.50. The lowest BCUT2D eigenvalue weighted by Gasteiger charge is -2.45. The lowest BCUT2D eigenvalue weighted by molar-refractivity contribution is -0.338. The second-order valence-corrected chi connectivity index (χ2v) is 5.73. The molecule has 0 saturated carbocycles. The van der Waals surface area contributed by atoms with Crippen molar-refractivity contribution in [1.82, 2.24) is 0 Å². The Morgan fingerprint density at radius 1 is 1.04 bits per heavy atom. The number of hydrogen-bond donors (Lipinski definition) is 5. The maximum absolute atomic E-state index is 10.3. The van der Waals surface area contributed by atoms with E-state index >= 15 is 0 Å². The summed E-state index contributed by atoms with van der Waals surface area (Å²) >= 11 is 0. The number of hydrogen-bond acceptors (Lipinski definition) is 8. The summed E-state index contributed by atoms with van der Waals surface area (Å²) in [5, 5.41) is 48.8. The first-order valence-corrected chi connectivity index (χ1v) is 7.71. The second kappa shape index (κ2) is 8.84. The standard InChI is InChI=1S/C16H24O8/c17-8-12-13(18)14(19)16(21,15(20)24-12)10-23-7-6-22-9-11-4-2-1-3-5-11/h1-5,12-15,17-21H,6-10H2/t12-,13-,14+,15?,16+/m1/s1. The van der Waals surface area contributed by atoms with Gasteiger partial charge in [0.15, 0.2) is 11.9 Å². The van der Waals surface area contributed by atoms with Crippen LogP contribution in [0.4, 0.5) is 0 Å². The highest BCUT2D eigenvalue weighted by atomic mass is 16.6. The van der Waals surface area contributed by atoms with Crippen LogP contribution in [-0.4, -0.2) is 82.2 Å². The van der Waals surface area contributed by atoms with Gasteiger partial charge in [0, 0.05) is 0 Å². The molecular formula is C16H24O8. The maximum atomic E-state index is 10.3. The van der Waals surface area contributed by atoms with Gasteiger partial charge in [-0.15, -0.1) is 0 Å². The Bertz CT molecular complexity index is 484. The lowest BCUT2D eigenvalue weighted by Crippen LogP contribution is -2.68. The molecule has 0 radical (unpaired) electrons. The minimum atomic E-state index is -2.19. The van der Waals surface area contributed by atoms with Crippen molar-refractivity contribution in [3.8, 4) is 0 Å². The number of aliphatic hydroxyl groups is 5. The van der Waals surface area contributed by atoms with Crippen LogP contribution >= 0.6 is 0 Å². The van der Waals surface area contributed by atoms with Crippen molar-refractivity contribution in [1.29, 1.82) is 0 Å². The molecule has 24 heavy (non-hydrogen) atoms. The van der Waals surface area contributed by atoms with Gasteiger partial charge in [0.05, 0.1) is 33.0 Å². The number of aliphatic hydroxyl groups excluding tert-OH is 4. The molecule has 1 aliphatic heterocycles. The highest BCUT2D eigenvalue weighted by molar-refractivity contribution is 5.13. The number of ether oxygens (including phenoxy) is 3. The minimum Gasteiger partial charge on any atom is -0.394 e. The van der Waals surface area contributed by atoms with Gasteiger partial charge in [0.1, 0.15) is 18.3 Å². The first-order chi connectivity index (χ1) is 11.5. The summed E-state index contributed by atoms with van der Waals surface area (Å²) in [6.45, 7) is -0.271. The summed E-state index contributed by atoms with van der Waals surface area (Å²) in [7, 11) is 0. The zero-order chi connectivity index (χ0) is 17.6. The summed E-state index contributed by atoms with van der Waals surface area (Å²) in [6.07, 6.45) is -6.23. The summed E-state index contributed by atoms with van der Waals surface area (Å²) in [6, 6.07) is 9.57. The van der Waals surface area contributed by atoms with Crippen LogP contribution in [-0.2, 0) is 20.8 Å². The Morgan fingerprint density at radius 3 is 2.38 bits per heavy atom. The highest BCUT2D eigenvalue weighted by Crippen LogP contribution is 2.29. The summed E-state index contributed by atoms with van der Waals surface area (Å²) in [5.74, 6) is 0. The molecule has 0 amide bonds. The van der Waals surface area contributed by atoms with Crippen LogP contribution < -0.4 is 0 Å². The fourth-order valence-electron chi connectivity index (χ4n) is 2.43. The van der Waals surface area contributed by atoms with Crippen LogP contribution in [0.1, 0.15) is 5.56 Å². The van der Waals surface area contributed by atoms with E-state index in [0.29, 0.717) is 6.61 Å². The third-order valence-electron chi connectivity index (χ3n) is 3.94. The normalized spacial score (nSPS) is 33.5. The van der Waals surface area contributed by atoms with Crippen molar-refractivity contribution < 1.29 is 39.7 Å². The Labute approximate surface area is 139 Å². The fraction of sp³-hybridized carbons (Fsp3) is 0.625. The first-order valence-electron chi connectivity index (χ1n) is 7.71. The number of rotatable bonds is 8. The monoisotopic (exact) mass is 344 g/mol. The SMILES string of the molecule is OC[C@H]1OC(O)[C@](O)(COCCOCc2ccccc2)[C@@H](O)[C@@H]1O. The topological polar surface area (TPSA) is 129 Å². The van der Waals surface area contributed by atoms with E-state index in [4.69, 9.17) is 19.3 Å². The smallest absolute Gasteiger partial charge is 0.189 e. The van der Waals surface area contributed by atoms with Gasteiger partial charge in [-0.1, -0.05) is 30.3 Å². The van der Waals surface area contributed by atoms with Gasteiger partial charge < -0.3 is 39.7 Å². The van der Waals surface area contributed by atoms with Crippen LogP contribution in [0, 0.1) is 0 Å². The molecule has 1 aromatic carbocycles. The molecule has 0 aliphatic carbocycles. The van der Waals surface area contributed by atoms with Crippen LogP contribution in [0.5, 0.6) is 0 Å². The largest absolute Gasteiger partial charge is 0.394 e. The van der Waals surface area contributed by atoms with Gasteiger partial charge in [-0.3, -0.25) is 0 Å². The molecule has 5 N–H and O–H groups in total. The van der Waals surface area contributed by atoms with E-state index in [1.165, 1.54) is 0 Å². The lowest BCUT2D eigenvalue weighted by atomic mass is 9.87. The number of benzene rings is 1. The van der Waals surface area contributed by atoms with Crippen LogP contribution in [0.2, 0.25) is 0 Å². The van der Waals surface area contributed by atoms with Crippen molar-refractivity contribution in [2.24, 2.45) is 0 Å². The molecule has 136 valence electrons. The third-order valence-corrected chi connectivity index (χ3v) is 3.94. The second-order valence-electron chi connectivity index (χ2n) is 5.73. The molecule has 1 aromatic rings. The quantitative estimate of drug-likeness (QED) is 0.356. The predicted molar refractivity (Wildman–Crippen MR) is 81.8 cm³/mol. The zero-order valence-electron chi connectivity index (χ0n) is 13.2. The maximum Gasteiger partial charge on any atom is 0.189 e. The molecule has 1 heterocycles. The van der Waals surface area contributed by atoms with E-state index in [1.54, 1.807) is 0 Å². The average Bonchev–Trinajstić information content (AvgIpc) is 2.60. The molecule has 8 nitrogen and oxygen atoms in total.